The molecule has 0 saturated carbocycles. The van der Waals surface area contributed by atoms with Crippen molar-refractivity contribution in [1.82, 2.24) is 10.2 Å². The van der Waals surface area contributed by atoms with E-state index in [-0.39, 0.29) is 11.9 Å². The minimum Gasteiger partial charge on any atom is -0.506 e. The molecule has 150 valence electrons. The lowest BCUT2D eigenvalue weighted by molar-refractivity contribution is -0.123. The largest absolute Gasteiger partial charge is 0.506 e. The molecule has 5 nitrogen and oxygen atoms in total. The van der Waals surface area contributed by atoms with Gasteiger partial charge in [-0.3, -0.25) is 9.69 Å². The smallest absolute Gasteiger partial charge is 0.234 e. The number of benzene rings is 2. The fourth-order valence-corrected chi connectivity index (χ4v) is 3.76. The van der Waals surface area contributed by atoms with Crippen molar-refractivity contribution in [3.63, 3.8) is 0 Å². The number of nitrogens with one attached hydrogen (secondary N) is 1. The van der Waals surface area contributed by atoms with Gasteiger partial charge >= 0.3 is 0 Å². The van der Waals surface area contributed by atoms with E-state index < -0.39 is 0 Å². The molecule has 0 bridgehead atoms. The summed E-state index contributed by atoms with van der Waals surface area (Å²) in [5.74, 6) is 0.895. The van der Waals surface area contributed by atoms with Crippen molar-refractivity contribution >= 4 is 11.6 Å². The molecule has 1 aliphatic rings. The standard InChI is InChI=1S/C23H31N3O2/c1-18(2)16-20(19-8-4-3-5-9-19)24-23(28)17-25-12-14-26(15-13-25)21-10-6-7-11-22(21)27/h3-11,18,20,27H,12-17H2,1-2H3,(H,24,28)/t20-/m0/s1. The Labute approximate surface area is 168 Å². The van der Waals surface area contributed by atoms with Gasteiger partial charge in [-0.05, 0) is 30.0 Å². The first kappa shape index (κ1) is 20.2. The van der Waals surface area contributed by atoms with Gasteiger partial charge in [-0.2, -0.15) is 0 Å². The lowest BCUT2D eigenvalue weighted by atomic mass is 9.97. The van der Waals surface area contributed by atoms with Crippen LogP contribution in [0.25, 0.3) is 0 Å². The van der Waals surface area contributed by atoms with Gasteiger partial charge in [-0.15, -0.1) is 0 Å². The molecule has 28 heavy (non-hydrogen) atoms. The second-order valence-electron chi connectivity index (χ2n) is 7.91. The summed E-state index contributed by atoms with van der Waals surface area (Å²) < 4.78 is 0. The van der Waals surface area contributed by atoms with Crippen LogP contribution in [0.15, 0.2) is 54.6 Å². The lowest BCUT2D eigenvalue weighted by Gasteiger charge is -2.36. The van der Waals surface area contributed by atoms with Crippen LogP contribution >= 0.6 is 0 Å². The predicted octanol–water partition coefficient (Wildman–Crippen LogP) is 3.42. The molecule has 0 unspecified atom stereocenters. The van der Waals surface area contributed by atoms with Crippen molar-refractivity contribution in [2.75, 3.05) is 37.6 Å². The van der Waals surface area contributed by atoms with Crippen molar-refractivity contribution in [2.24, 2.45) is 5.92 Å². The Morgan fingerprint density at radius 1 is 1.00 bits per heavy atom. The van der Waals surface area contributed by atoms with Gasteiger partial charge in [0.1, 0.15) is 5.75 Å². The monoisotopic (exact) mass is 381 g/mol. The Balaban J connectivity index is 1.53. The second-order valence-corrected chi connectivity index (χ2v) is 7.91. The lowest BCUT2D eigenvalue weighted by Crippen LogP contribution is -2.49. The molecule has 1 aliphatic heterocycles. The third-order valence-corrected chi connectivity index (χ3v) is 5.21. The fourth-order valence-electron chi connectivity index (χ4n) is 3.76. The van der Waals surface area contributed by atoms with Crippen LogP contribution in [0.3, 0.4) is 0 Å². The van der Waals surface area contributed by atoms with E-state index in [9.17, 15) is 9.90 Å². The number of carbonyl (C=O) groups excluding carboxylic acids is 1. The van der Waals surface area contributed by atoms with Crippen LogP contribution in [0.4, 0.5) is 5.69 Å². The minimum atomic E-state index is 0.0521. The molecule has 2 aromatic rings. The summed E-state index contributed by atoms with van der Waals surface area (Å²) in [5.41, 5.74) is 2.03. The number of phenols is 1. The van der Waals surface area contributed by atoms with Crippen molar-refractivity contribution < 1.29 is 9.90 Å². The third kappa shape index (κ3) is 5.49. The Morgan fingerprint density at radius 3 is 2.29 bits per heavy atom. The summed E-state index contributed by atoms with van der Waals surface area (Å²) in [6, 6.07) is 17.7. The number of piperazine rings is 1. The Morgan fingerprint density at radius 2 is 1.64 bits per heavy atom. The van der Waals surface area contributed by atoms with Crippen LogP contribution in [-0.4, -0.2) is 48.6 Å². The number of nitrogens with zero attached hydrogens (tertiary/aromatic N) is 2. The van der Waals surface area contributed by atoms with E-state index in [1.807, 2.05) is 36.4 Å². The SMILES string of the molecule is CC(C)C[C@H](NC(=O)CN1CCN(c2ccccc2O)CC1)c1ccccc1. The normalized spacial score (nSPS) is 16.2. The number of aromatic hydroxyl groups is 1. The number of carbonyl (C=O) groups is 1. The number of phenolic OH excluding ortho intramolecular Hbond substituents is 1. The molecule has 1 saturated heterocycles. The summed E-state index contributed by atoms with van der Waals surface area (Å²) in [5, 5.41) is 13.3. The molecule has 0 aromatic heterocycles. The first-order valence-corrected chi connectivity index (χ1v) is 10.1. The maximum atomic E-state index is 12.7. The van der Waals surface area contributed by atoms with E-state index in [0.717, 1.165) is 43.9 Å². The van der Waals surface area contributed by atoms with Crippen molar-refractivity contribution in [3.05, 3.63) is 60.2 Å². The Kier molecular flexibility index (Phi) is 6.93. The molecule has 3 rings (SSSR count). The highest BCUT2D eigenvalue weighted by Gasteiger charge is 2.22. The molecule has 0 spiro atoms. The number of rotatable bonds is 7. The molecule has 1 amide bonds. The van der Waals surface area contributed by atoms with Gasteiger partial charge in [0.05, 0.1) is 18.3 Å². The third-order valence-electron chi connectivity index (χ3n) is 5.21. The summed E-state index contributed by atoms with van der Waals surface area (Å²) in [6.45, 7) is 8.00. The fraction of sp³-hybridized carbons (Fsp3) is 0.435. The summed E-state index contributed by atoms with van der Waals surface area (Å²) >= 11 is 0. The zero-order valence-electron chi connectivity index (χ0n) is 16.8. The zero-order chi connectivity index (χ0) is 19.9. The van der Waals surface area contributed by atoms with E-state index in [2.05, 4.69) is 41.1 Å². The number of para-hydroxylation sites is 2. The van der Waals surface area contributed by atoms with E-state index >= 15 is 0 Å². The van der Waals surface area contributed by atoms with E-state index in [1.165, 1.54) is 0 Å². The van der Waals surface area contributed by atoms with Crippen LogP contribution < -0.4 is 10.2 Å². The average molecular weight is 382 g/mol. The molecule has 1 fully saturated rings. The molecular formula is C23H31N3O2. The summed E-state index contributed by atoms with van der Waals surface area (Å²) in [7, 11) is 0. The van der Waals surface area contributed by atoms with Gasteiger partial charge in [0.15, 0.2) is 0 Å². The van der Waals surface area contributed by atoms with Crippen molar-refractivity contribution in [1.29, 1.82) is 0 Å². The van der Waals surface area contributed by atoms with E-state index in [4.69, 9.17) is 0 Å². The van der Waals surface area contributed by atoms with Crippen LogP contribution in [0, 0.1) is 5.92 Å². The van der Waals surface area contributed by atoms with Crippen LogP contribution in [0.2, 0.25) is 0 Å². The first-order valence-electron chi connectivity index (χ1n) is 10.1. The molecule has 1 heterocycles. The number of hydrogen-bond acceptors (Lipinski definition) is 4. The van der Waals surface area contributed by atoms with E-state index in [1.54, 1.807) is 6.07 Å². The molecule has 2 N–H and O–H groups in total. The second kappa shape index (κ2) is 9.60. The topological polar surface area (TPSA) is 55.8 Å². The zero-order valence-corrected chi connectivity index (χ0v) is 16.8. The predicted molar refractivity (Wildman–Crippen MR) is 114 cm³/mol. The number of amides is 1. The summed E-state index contributed by atoms with van der Waals surface area (Å²) in [4.78, 5) is 17.0. The number of anilines is 1. The highest BCUT2D eigenvalue weighted by Crippen LogP contribution is 2.27. The maximum absolute atomic E-state index is 12.7. The summed E-state index contributed by atoms with van der Waals surface area (Å²) in [6.07, 6.45) is 0.927. The Hall–Kier alpha value is -2.53. The van der Waals surface area contributed by atoms with Gasteiger partial charge in [0.25, 0.3) is 0 Å². The molecule has 5 heteroatoms. The quantitative estimate of drug-likeness (QED) is 0.772. The highest BCUT2D eigenvalue weighted by atomic mass is 16.3. The molecule has 1 atom stereocenters. The molecule has 0 radical (unpaired) electrons. The van der Waals surface area contributed by atoms with Crippen LogP contribution in [0.1, 0.15) is 31.9 Å². The Bertz CT molecular complexity index is 755. The average Bonchev–Trinajstić information content (AvgIpc) is 2.69. The number of hydrogen-bond donors (Lipinski definition) is 2. The van der Waals surface area contributed by atoms with Gasteiger partial charge in [0, 0.05) is 26.2 Å². The van der Waals surface area contributed by atoms with E-state index in [0.29, 0.717) is 18.2 Å². The maximum Gasteiger partial charge on any atom is 0.234 e. The van der Waals surface area contributed by atoms with Gasteiger partial charge in [-0.1, -0.05) is 56.3 Å². The van der Waals surface area contributed by atoms with Crippen molar-refractivity contribution in [2.45, 2.75) is 26.3 Å². The molecular weight excluding hydrogens is 350 g/mol. The van der Waals surface area contributed by atoms with Crippen LogP contribution in [0.5, 0.6) is 5.75 Å². The van der Waals surface area contributed by atoms with Crippen LogP contribution in [-0.2, 0) is 4.79 Å². The highest BCUT2D eigenvalue weighted by molar-refractivity contribution is 5.78. The van der Waals surface area contributed by atoms with Gasteiger partial charge in [0.2, 0.25) is 5.91 Å². The minimum absolute atomic E-state index is 0.0521. The molecule has 2 aromatic carbocycles. The molecule has 0 aliphatic carbocycles. The van der Waals surface area contributed by atoms with Gasteiger partial charge in [-0.25, -0.2) is 0 Å². The van der Waals surface area contributed by atoms with Crippen molar-refractivity contribution in [3.8, 4) is 5.75 Å². The van der Waals surface area contributed by atoms with Gasteiger partial charge < -0.3 is 15.3 Å². The first-order chi connectivity index (χ1) is 13.5.